The number of halogens is 4. The highest BCUT2D eigenvalue weighted by Gasteiger charge is 2.38. The average molecular weight is 265 g/mol. The molecular formula is C11H10ClF3NO+. The molecule has 0 atom stereocenters. The zero-order valence-electron chi connectivity index (χ0n) is 8.88. The second-order valence-electron chi connectivity index (χ2n) is 2.95. The predicted octanol–water partition coefficient (Wildman–Crippen LogP) is 3.96. The van der Waals surface area contributed by atoms with Crippen LogP contribution in [0.25, 0.3) is 11.0 Å². The molecule has 0 bridgehead atoms. The number of benzene rings is 1. The highest BCUT2D eigenvalue weighted by molar-refractivity contribution is 6.35. The van der Waals surface area contributed by atoms with E-state index in [1.165, 1.54) is 25.2 Å². The first-order chi connectivity index (χ1) is 8.00. The summed E-state index contributed by atoms with van der Waals surface area (Å²) in [6, 6.07) is 5.15. The number of nitrogens with two attached hydrogens (primary N) is 1. The molecule has 17 heavy (non-hydrogen) atoms. The van der Waals surface area contributed by atoms with Crippen LogP contribution in [0.2, 0.25) is 5.02 Å². The van der Waals surface area contributed by atoms with Gasteiger partial charge in [-0.1, -0.05) is 17.7 Å². The number of fused-ring (bicyclic) bond motifs is 1. The van der Waals surface area contributed by atoms with Crippen molar-refractivity contribution in [2.45, 2.75) is 6.18 Å². The normalized spacial score (nSPS) is 10.9. The van der Waals surface area contributed by atoms with Crippen molar-refractivity contribution >= 4 is 22.6 Å². The zero-order chi connectivity index (χ0) is 13.1. The molecule has 0 saturated heterocycles. The fourth-order valence-electron chi connectivity index (χ4n) is 1.33. The number of rotatable bonds is 0. The van der Waals surface area contributed by atoms with E-state index in [9.17, 15) is 13.2 Å². The first-order valence-electron chi connectivity index (χ1n) is 4.64. The molecule has 0 radical (unpaired) electrons. The number of hydrogen-bond donors (Lipinski definition) is 1. The van der Waals surface area contributed by atoms with Crippen molar-refractivity contribution in [2.75, 3.05) is 7.05 Å². The molecule has 1 heterocycles. The van der Waals surface area contributed by atoms with Gasteiger partial charge in [-0.3, -0.25) is 0 Å². The smallest absolute Gasteiger partial charge is 0.333 e. The predicted molar refractivity (Wildman–Crippen MR) is 60.7 cm³/mol. The van der Waals surface area contributed by atoms with Gasteiger partial charge in [-0.2, -0.15) is 13.2 Å². The van der Waals surface area contributed by atoms with Gasteiger partial charge in [0.15, 0.2) is 5.56 Å². The van der Waals surface area contributed by atoms with Gasteiger partial charge in [-0.05, 0) is 19.2 Å². The Labute approximate surface area is 101 Å². The monoisotopic (exact) mass is 264 g/mol. The Hall–Kier alpha value is -1.33. The summed E-state index contributed by atoms with van der Waals surface area (Å²) in [5, 5.41) is 0.497. The summed E-state index contributed by atoms with van der Waals surface area (Å²) in [6.45, 7) is 0. The Morgan fingerprint density at radius 3 is 2.41 bits per heavy atom. The van der Waals surface area contributed by atoms with E-state index in [-0.39, 0.29) is 16.0 Å². The van der Waals surface area contributed by atoms with Crippen LogP contribution in [0.1, 0.15) is 5.56 Å². The Morgan fingerprint density at radius 1 is 1.18 bits per heavy atom. The van der Waals surface area contributed by atoms with Crippen molar-refractivity contribution in [1.82, 2.24) is 0 Å². The minimum Gasteiger partial charge on any atom is -0.333 e. The van der Waals surface area contributed by atoms with Gasteiger partial charge in [0.2, 0.25) is 0 Å². The lowest BCUT2D eigenvalue weighted by Crippen LogP contribution is -2.05. The molecule has 0 amide bonds. The quantitative estimate of drug-likeness (QED) is 0.731. The molecule has 2 N–H and O–H groups in total. The van der Waals surface area contributed by atoms with Gasteiger partial charge in [0.25, 0.3) is 0 Å². The molecule has 0 aliphatic carbocycles. The summed E-state index contributed by atoms with van der Waals surface area (Å²) in [7, 11) is 1.50. The second-order valence-corrected chi connectivity index (χ2v) is 3.36. The third kappa shape index (κ3) is 2.87. The Kier molecular flexibility index (Phi) is 4.31. The fourth-order valence-corrected chi connectivity index (χ4v) is 1.53. The van der Waals surface area contributed by atoms with Crippen molar-refractivity contribution in [3.05, 3.63) is 41.1 Å². The molecule has 6 heteroatoms. The van der Waals surface area contributed by atoms with E-state index in [0.717, 1.165) is 12.3 Å². The lowest BCUT2D eigenvalue weighted by molar-refractivity contribution is -0.136. The molecule has 0 fully saturated rings. The van der Waals surface area contributed by atoms with Gasteiger partial charge in [0.1, 0.15) is 0 Å². The van der Waals surface area contributed by atoms with Crippen LogP contribution in [0, 0.1) is 0 Å². The maximum absolute atomic E-state index is 12.5. The van der Waals surface area contributed by atoms with Crippen molar-refractivity contribution in [3.8, 4) is 0 Å². The van der Waals surface area contributed by atoms with Crippen LogP contribution < -0.4 is 5.73 Å². The summed E-state index contributed by atoms with van der Waals surface area (Å²) >= 11 is 5.75. The maximum Gasteiger partial charge on any atom is 0.425 e. The van der Waals surface area contributed by atoms with Crippen molar-refractivity contribution in [1.29, 1.82) is 0 Å². The molecule has 2 nitrogen and oxygen atoms in total. The topological polar surface area (TPSA) is 37.3 Å². The standard InChI is InChI=1S/C10H5ClF3O.CH5N/c11-8-4-5-15-9-6(8)2-1-3-7(9)10(12,13)14;1-2/h1-5H;2H2,1H3/q+1;. The third-order valence-corrected chi connectivity index (χ3v) is 2.31. The summed E-state index contributed by atoms with van der Waals surface area (Å²) in [4.78, 5) is 0. The summed E-state index contributed by atoms with van der Waals surface area (Å²) in [5.74, 6) is 0. The summed E-state index contributed by atoms with van der Waals surface area (Å²) in [5.41, 5.74) is 3.44. The van der Waals surface area contributed by atoms with E-state index in [2.05, 4.69) is 5.73 Å². The Bertz CT molecular complexity index is 514. The third-order valence-electron chi connectivity index (χ3n) is 1.98. The SMILES string of the molecule is CN.FC(F)(F)c1cccc2c(Cl)cc[o+]c12. The second kappa shape index (κ2) is 5.33. The number of alkyl halides is 3. The summed E-state index contributed by atoms with van der Waals surface area (Å²) < 4.78 is 42.5. The number of para-hydroxylation sites is 1. The maximum atomic E-state index is 12.5. The van der Waals surface area contributed by atoms with Crippen LogP contribution in [-0.2, 0) is 6.18 Å². The molecular weight excluding hydrogens is 255 g/mol. The Balaban J connectivity index is 0.000000686. The minimum absolute atomic E-state index is 0.238. The van der Waals surface area contributed by atoms with E-state index in [0.29, 0.717) is 0 Å². The molecule has 0 aliphatic heterocycles. The minimum atomic E-state index is -4.44. The van der Waals surface area contributed by atoms with Gasteiger partial charge in [-0.15, -0.1) is 0 Å². The van der Waals surface area contributed by atoms with Gasteiger partial charge >= 0.3 is 18.0 Å². The van der Waals surface area contributed by atoms with Gasteiger partial charge < -0.3 is 5.73 Å². The number of hydrogen-bond acceptors (Lipinski definition) is 1. The van der Waals surface area contributed by atoms with Crippen molar-refractivity contribution in [2.24, 2.45) is 5.73 Å². The van der Waals surface area contributed by atoms with Crippen LogP contribution in [0.4, 0.5) is 13.2 Å². The fraction of sp³-hybridized carbons (Fsp3) is 0.182. The molecule has 1 aromatic heterocycles. The van der Waals surface area contributed by atoms with E-state index >= 15 is 0 Å². The van der Waals surface area contributed by atoms with Crippen LogP contribution in [-0.4, -0.2) is 7.05 Å². The molecule has 92 valence electrons. The largest absolute Gasteiger partial charge is 0.425 e. The lowest BCUT2D eigenvalue weighted by atomic mass is 10.1. The van der Waals surface area contributed by atoms with Crippen molar-refractivity contribution < 1.29 is 17.6 Å². The summed E-state index contributed by atoms with van der Waals surface area (Å²) in [6.07, 6.45) is -3.30. The molecule has 2 aromatic rings. The van der Waals surface area contributed by atoms with Gasteiger partial charge in [0.05, 0.1) is 16.5 Å². The Morgan fingerprint density at radius 2 is 1.82 bits per heavy atom. The average Bonchev–Trinajstić information content (AvgIpc) is 2.30. The molecule has 2 rings (SSSR count). The highest BCUT2D eigenvalue weighted by Crippen LogP contribution is 2.36. The van der Waals surface area contributed by atoms with Crippen LogP contribution in [0.3, 0.4) is 0 Å². The van der Waals surface area contributed by atoms with Crippen LogP contribution in [0.5, 0.6) is 0 Å². The van der Waals surface area contributed by atoms with E-state index in [1.54, 1.807) is 0 Å². The molecule has 0 aliphatic rings. The molecule has 0 spiro atoms. The van der Waals surface area contributed by atoms with E-state index < -0.39 is 11.7 Å². The van der Waals surface area contributed by atoms with E-state index in [4.69, 9.17) is 16.0 Å². The zero-order valence-corrected chi connectivity index (χ0v) is 9.64. The van der Waals surface area contributed by atoms with Crippen LogP contribution >= 0.6 is 11.6 Å². The highest BCUT2D eigenvalue weighted by atomic mass is 35.5. The van der Waals surface area contributed by atoms with Gasteiger partial charge in [0, 0.05) is 0 Å². The first-order valence-corrected chi connectivity index (χ1v) is 5.02. The van der Waals surface area contributed by atoms with Crippen molar-refractivity contribution in [3.63, 3.8) is 0 Å². The molecule has 0 saturated carbocycles. The van der Waals surface area contributed by atoms with Gasteiger partial charge in [-0.25, -0.2) is 4.42 Å². The first kappa shape index (κ1) is 13.7. The van der Waals surface area contributed by atoms with Crippen LogP contribution in [0.15, 0.2) is 34.9 Å². The van der Waals surface area contributed by atoms with E-state index in [1.807, 2.05) is 0 Å². The molecule has 1 aromatic carbocycles. The lowest BCUT2D eigenvalue weighted by Gasteiger charge is -2.03. The molecule has 0 unspecified atom stereocenters.